The molecule has 1 aliphatic carbocycles. The molecular weight excluding hydrogens is 256 g/mol. The molecule has 2 nitrogen and oxygen atoms in total. The van der Waals surface area contributed by atoms with Gasteiger partial charge in [-0.05, 0) is 58.2 Å². The fourth-order valence-corrected chi connectivity index (χ4v) is 3.87. The minimum Gasteiger partial charge on any atom is -0.312 e. The number of nitrogens with one attached hydrogen (secondary N) is 1. The van der Waals surface area contributed by atoms with Gasteiger partial charge in [0.2, 0.25) is 0 Å². The van der Waals surface area contributed by atoms with E-state index in [4.69, 9.17) is 0 Å². The number of benzene rings is 1. The van der Waals surface area contributed by atoms with Crippen LogP contribution in [0.25, 0.3) is 0 Å². The summed E-state index contributed by atoms with van der Waals surface area (Å²) in [5.41, 5.74) is 1.39. The predicted octanol–water partition coefficient (Wildman–Crippen LogP) is 4.24. The molecule has 0 spiro atoms. The molecule has 1 aromatic rings. The molecule has 1 fully saturated rings. The largest absolute Gasteiger partial charge is 0.312 e. The summed E-state index contributed by atoms with van der Waals surface area (Å²) in [6.45, 7) is 4.70. The minimum atomic E-state index is 0.403. The highest BCUT2D eigenvalue weighted by Gasteiger charge is 2.29. The average molecular weight is 288 g/mol. The van der Waals surface area contributed by atoms with Crippen LogP contribution in [0.4, 0.5) is 0 Å². The lowest BCUT2D eigenvalue weighted by Crippen LogP contribution is -2.46. The van der Waals surface area contributed by atoms with Crippen molar-refractivity contribution in [2.45, 2.75) is 64.1 Å². The van der Waals surface area contributed by atoms with Crippen LogP contribution in [0.5, 0.6) is 0 Å². The van der Waals surface area contributed by atoms with Crippen LogP contribution in [0.2, 0.25) is 0 Å². The van der Waals surface area contributed by atoms with Crippen molar-refractivity contribution in [1.82, 2.24) is 10.2 Å². The summed E-state index contributed by atoms with van der Waals surface area (Å²) in [4.78, 5) is 2.61. The summed E-state index contributed by atoms with van der Waals surface area (Å²) in [5.74, 6) is 0.971. The molecule has 2 heteroatoms. The smallest absolute Gasteiger partial charge is 0.0472 e. The Morgan fingerprint density at radius 2 is 1.76 bits per heavy atom. The van der Waals surface area contributed by atoms with Crippen molar-refractivity contribution in [2.24, 2.45) is 5.92 Å². The van der Waals surface area contributed by atoms with Gasteiger partial charge in [-0.3, -0.25) is 4.90 Å². The number of nitrogens with zero attached hydrogens (tertiary/aromatic N) is 1. The molecule has 1 saturated carbocycles. The molecule has 0 saturated heterocycles. The molecule has 0 bridgehead atoms. The van der Waals surface area contributed by atoms with Gasteiger partial charge in [-0.25, -0.2) is 0 Å². The van der Waals surface area contributed by atoms with Gasteiger partial charge >= 0.3 is 0 Å². The first-order valence-corrected chi connectivity index (χ1v) is 8.61. The second-order valence-corrected chi connectivity index (χ2v) is 6.67. The molecule has 118 valence electrons. The Morgan fingerprint density at radius 1 is 1.14 bits per heavy atom. The number of hydrogen-bond donors (Lipinski definition) is 1. The third-order valence-electron chi connectivity index (χ3n) is 5.56. The molecular formula is C19H32N2. The van der Waals surface area contributed by atoms with Gasteiger partial charge in [-0.15, -0.1) is 0 Å². The predicted molar refractivity (Wildman–Crippen MR) is 91.5 cm³/mol. The summed E-state index contributed by atoms with van der Waals surface area (Å²) in [7, 11) is 4.39. The Hall–Kier alpha value is -0.860. The van der Waals surface area contributed by atoms with E-state index in [-0.39, 0.29) is 0 Å². The van der Waals surface area contributed by atoms with Crippen molar-refractivity contribution in [3.63, 3.8) is 0 Å². The Bertz CT molecular complexity index is 395. The van der Waals surface area contributed by atoms with Crippen molar-refractivity contribution in [3.05, 3.63) is 35.9 Å². The summed E-state index contributed by atoms with van der Waals surface area (Å²) in [6, 6.07) is 12.5. The summed E-state index contributed by atoms with van der Waals surface area (Å²) in [5, 5.41) is 3.52. The van der Waals surface area contributed by atoms with Crippen LogP contribution in [0.15, 0.2) is 30.3 Å². The Morgan fingerprint density at radius 3 is 2.29 bits per heavy atom. The fourth-order valence-electron chi connectivity index (χ4n) is 3.87. The van der Waals surface area contributed by atoms with Gasteiger partial charge in [-0.2, -0.15) is 0 Å². The van der Waals surface area contributed by atoms with Crippen LogP contribution in [-0.2, 0) is 0 Å². The SMILES string of the molecule is CCC1CCC(N(C)C(C)C(NC)c2ccccc2)CC1. The van der Waals surface area contributed by atoms with Gasteiger partial charge in [0, 0.05) is 18.1 Å². The van der Waals surface area contributed by atoms with E-state index < -0.39 is 0 Å². The molecule has 0 aliphatic heterocycles. The zero-order valence-corrected chi connectivity index (χ0v) is 14.2. The van der Waals surface area contributed by atoms with E-state index in [1.54, 1.807) is 0 Å². The third kappa shape index (κ3) is 4.08. The van der Waals surface area contributed by atoms with E-state index in [0.717, 1.165) is 12.0 Å². The van der Waals surface area contributed by atoms with E-state index >= 15 is 0 Å². The number of likely N-dealkylation sites (N-methyl/N-ethyl adjacent to an activating group) is 2. The van der Waals surface area contributed by atoms with E-state index in [2.05, 4.69) is 68.5 Å². The zero-order chi connectivity index (χ0) is 15.2. The molecule has 0 radical (unpaired) electrons. The van der Waals surface area contributed by atoms with Crippen LogP contribution >= 0.6 is 0 Å². The van der Waals surface area contributed by atoms with E-state index in [9.17, 15) is 0 Å². The van der Waals surface area contributed by atoms with Crippen molar-refractivity contribution < 1.29 is 0 Å². The summed E-state index contributed by atoms with van der Waals surface area (Å²) < 4.78 is 0. The monoisotopic (exact) mass is 288 g/mol. The van der Waals surface area contributed by atoms with Gasteiger partial charge in [0.1, 0.15) is 0 Å². The minimum absolute atomic E-state index is 0.403. The van der Waals surface area contributed by atoms with Gasteiger partial charge in [0.25, 0.3) is 0 Å². The second kappa shape index (κ2) is 7.95. The molecule has 2 rings (SSSR count). The van der Waals surface area contributed by atoms with Crippen LogP contribution in [0.3, 0.4) is 0 Å². The maximum atomic E-state index is 3.52. The van der Waals surface area contributed by atoms with Gasteiger partial charge < -0.3 is 5.32 Å². The van der Waals surface area contributed by atoms with E-state index in [0.29, 0.717) is 12.1 Å². The van der Waals surface area contributed by atoms with Crippen LogP contribution in [-0.4, -0.2) is 31.1 Å². The van der Waals surface area contributed by atoms with Crippen molar-refractivity contribution in [3.8, 4) is 0 Å². The third-order valence-corrected chi connectivity index (χ3v) is 5.56. The van der Waals surface area contributed by atoms with E-state index in [1.807, 2.05) is 0 Å². The maximum Gasteiger partial charge on any atom is 0.0472 e. The van der Waals surface area contributed by atoms with Crippen LogP contribution in [0, 0.1) is 5.92 Å². The highest BCUT2D eigenvalue weighted by Crippen LogP contribution is 2.31. The standard InChI is InChI=1S/C19H32N2/c1-5-16-11-13-18(14-12-16)21(4)15(2)19(20-3)17-9-7-6-8-10-17/h6-10,15-16,18-20H,5,11-14H2,1-4H3. The first kappa shape index (κ1) is 16.5. The molecule has 1 N–H and O–H groups in total. The highest BCUT2D eigenvalue weighted by atomic mass is 15.2. The number of rotatable bonds is 6. The maximum absolute atomic E-state index is 3.52. The second-order valence-electron chi connectivity index (χ2n) is 6.67. The van der Waals surface area contributed by atoms with Gasteiger partial charge in [0.05, 0.1) is 0 Å². The topological polar surface area (TPSA) is 15.3 Å². The first-order chi connectivity index (χ1) is 10.2. The molecule has 1 aliphatic rings. The van der Waals surface area contributed by atoms with Crippen LogP contribution < -0.4 is 5.32 Å². The number of hydrogen-bond acceptors (Lipinski definition) is 2. The molecule has 0 amide bonds. The lowest BCUT2D eigenvalue weighted by molar-refractivity contribution is 0.107. The van der Waals surface area contributed by atoms with E-state index in [1.165, 1.54) is 37.7 Å². The van der Waals surface area contributed by atoms with Crippen LogP contribution in [0.1, 0.15) is 57.6 Å². The molecule has 2 atom stereocenters. The summed E-state index contributed by atoms with van der Waals surface area (Å²) >= 11 is 0. The van der Waals surface area contributed by atoms with Gasteiger partial charge in [-0.1, -0.05) is 43.7 Å². The molecule has 21 heavy (non-hydrogen) atoms. The first-order valence-electron chi connectivity index (χ1n) is 8.61. The van der Waals surface area contributed by atoms with Crippen molar-refractivity contribution >= 4 is 0 Å². The highest BCUT2D eigenvalue weighted by molar-refractivity contribution is 5.20. The fraction of sp³-hybridized carbons (Fsp3) is 0.684. The quantitative estimate of drug-likeness (QED) is 0.842. The molecule has 0 aromatic heterocycles. The zero-order valence-electron chi connectivity index (χ0n) is 14.2. The Kier molecular flexibility index (Phi) is 6.25. The van der Waals surface area contributed by atoms with Crippen molar-refractivity contribution in [1.29, 1.82) is 0 Å². The average Bonchev–Trinajstić information content (AvgIpc) is 2.56. The molecule has 0 heterocycles. The lowest BCUT2D eigenvalue weighted by atomic mass is 9.83. The summed E-state index contributed by atoms with van der Waals surface area (Å²) in [6.07, 6.45) is 6.91. The molecule has 1 aromatic carbocycles. The Labute approximate surface area is 130 Å². The molecule has 2 unspecified atom stereocenters. The van der Waals surface area contributed by atoms with Gasteiger partial charge in [0.15, 0.2) is 0 Å². The Balaban J connectivity index is 1.99. The normalized spacial score (nSPS) is 25.8. The van der Waals surface area contributed by atoms with Crippen molar-refractivity contribution in [2.75, 3.05) is 14.1 Å². The lowest BCUT2D eigenvalue weighted by Gasteiger charge is -2.40.